The molecule has 1 aromatic carbocycles. The van der Waals surface area contributed by atoms with Crippen molar-refractivity contribution in [3.05, 3.63) is 59.9 Å². The molecule has 0 saturated carbocycles. The van der Waals surface area contributed by atoms with Gasteiger partial charge in [0.15, 0.2) is 0 Å². The summed E-state index contributed by atoms with van der Waals surface area (Å²) in [4.78, 5) is 18.4. The van der Waals surface area contributed by atoms with Gasteiger partial charge in [0.05, 0.1) is 11.9 Å². The largest absolute Gasteiger partial charge is 0.372 e. The fourth-order valence-corrected chi connectivity index (χ4v) is 2.96. The Bertz CT molecular complexity index is 721. The minimum absolute atomic E-state index is 0.146. The van der Waals surface area contributed by atoms with Gasteiger partial charge in [0.1, 0.15) is 17.8 Å². The molecule has 1 fully saturated rings. The van der Waals surface area contributed by atoms with Crippen LogP contribution in [0.4, 0.5) is 5.69 Å². The van der Waals surface area contributed by atoms with Crippen LogP contribution in [0.2, 0.25) is 0 Å². The highest BCUT2D eigenvalue weighted by Crippen LogP contribution is 2.17. The number of likely N-dealkylation sites (tertiary alicyclic amines) is 1. The second kappa shape index (κ2) is 7.60. The predicted molar refractivity (Wildman–Crippen MR) is 92.3 cm³/mol. The van der Waals surface area contributed by atoms with Gasteiger partial charge >= 0.3 is 0 Å². The Morgan fingerprint density at radius 3 is 2.79 bits per heavy atom. The van der Waals surface area contributed by atoms with E-state index in [4.69, 9.17) is 5.26 Å². The summed E-state index contributed by atoms with van der Waals surface area (Å²) in [5.41, 5.74) is 2.46. The molecule has 1 unspecified atom stereocenters. The third-order valence-electron chi connectivity index (χ3n) is 4.25. The lowest BCUT2D eigenvalue weighted by Crippen LogP contribution is -2.34. The lowest BCUT2D eigenvalue weighted by molar-refractivity contribution is -0.128. The third kappa shape index (κ3) is 3.90. The number of carbonyl (C=O) groups is 1. The molecule has 0 spiro atoms. The van der Waals surface area contributed by atoms with Crippen LogP contribution in [0.3, 0.4) is 0 Å². The quantitative estimate of drug-likeness (QED) is 0.888. The Labute approximate surface area is 141 Å². The first-order valence-electron chi connectivity index (χ1n) is 8.21. The molecule has 2 heterocycles. The maximum Gasteiger partial charge on any atom is 0.245 e. The number of nitrogens with zero attached hydrogens (tertiary/aromatic N) is 3. The van der Waals surface area contributed by atoms with Crippen LogP contribution in [-0.4, -0.2) is 34.9 Å². The van der Waals surface area contributed by atoms with Crippen LogP contribution in [0.25, 0.3) is 0 Å². The van der Waals surface area contributed by atoms with Crippen LogP contribution in [0.15, 0.2) is 48.7 Å². The van der Waals surface area contributed by atoms with Crippen LogP contribution in [0, 0.1) is 11.3 Å². The van der Waals surface area contributed by atoms with E-state index in [1.807, 2.05) is 29.2 Å². The normalized spacial score (nSPS) is 16.9. The Kier molecular flexibility index (Phi) is 5.07. The fourth-order valence-electron chi connectivity index (χ4n) is 2.96. The number of aryl methyl sites for hydroxylation is 1. The number of anilines is 1. The molecule has 1 saturated heterocycles. The van der Waals surface area contributed by atoms with Crippen molar-refractivity contribution in [1.29, 1.82) is 5.26 Å². The molecule has 2 aromatic rings. The van der Waals surface area contributed by atoms with Crippen molar-refractivity contribution in [1.82, 2.24) is 9.88 Å². The topological polar surface area (TPSA) is 69.0 Å². The molecular formula is C19H20N4O. The highest BCUT2D eigenvalue weighted by molar-refractivity contribution is 5.86. The summed E-state index contributed by atoms with van der Waals surface area (Å²) in [6.07, 6.45) is 4.36. The summed E-state index contributed by atoms with van der Waals surface area (Å²) in [5.74, 6) is 0.146. The monoisotopic (exact) mass is 320 g/mol. The molecule has 1 aliphatic heterocycles. The van der Waals surface area contributed by atoms with Gasteiger partial charge in [-0.2, -0.15) is 5.26 Å². The van der Waals surface area contributed by atoms with Gasteiger partial charge in [-0.05, 0) is 37.0 Å². The molecule has 1 aliphatic rings. The zero-order chi connectivity index (χ0) is 16.8. The van der Waals surface area contributed by atoms with E-state index in [9.17, 15) is 4.79 Å². The maximum atomic E-state index is 12.5. The second-order valence-corrected chi connectivity index (χ2v) is 5.94. The van der Waals surface area contributed by atoms with E-state index in [0.29, 0.717) is 5.69 Å². The average molecular weight is 320 g/mol. The molecule has 0 aliphatic carbocycles. The van der Waals surface area contributed by atoms with E-state index in [1.54, 1.807) is 18.3 Å². The molecule has 5 heteroatoms. The first kappa shape index (κ1) is 16.0. The van der Waals surface area contributed by atoms with Crippen LogP contribution in [-0.2, 0) is 11.2 Å². The number of hydrogen-bond donors (Lipinski definition) is 1. The second-order valence-electron chi connectivity index (χ2n) is 5.94. The van der Waals surface area contributed by atoms with Crippen molar-refractivity contribution in [3.63, 3.8) is 0 Å². The predicted octanol–water partition coefficient (Wildman–Crippen LogP) is 2.60. The molecule has 0 bridgehead atoms. The van der Waals surface area contributed by atoms with E-state index in [0.717, 1.165) is 38.0 Å². The van der Waals surface area contributed by atoms with Crippen molar-refractivity contribution in [2.45, 2.75) is 25.3 Å². The number of rotatable bonds is 6. The molecule has 122 valence electrons. The number of nitrogens with one attached hydrogen (secondary N) is 1. The molecule has 1 atom stereocenters. The number of amides is 1. The number of carbonyl (C=O) groups excluding carboxylic acids is 1. The summed E-state index contributed by atoms with van der Waals surface area (Å²) in [7, 11) is 0. The number of benzene rings is 1. The van der Waals surface area contributed by atoms with E-state index in [1.165, 1.54) is 5.56 Å². The Morgan fingerprint density at radius 2 is 2.08 bits per heavy atom. The van der Waals surface area contributed by atoms with Gasteiger partial charge in [0.25, 0.3) is 0 Å². The highest BCUT2D eigenvalue weighted by Gasteiger charge is 2.30. The minimum Gasteiger partial charge on any atom is -0.372 e. The fraction of sp³-hybridized carbons (Fsp3) is 0.316. The van der Waals surface area contributed by atoms with Gasteiger partial charge in [-0.3, -0.25) is 4.79 Å². The van der Waals surface area contributed by atoms with Gasteiger partial charge in [0.2, 0.25) is 5.91 Å². The minimum atomic E-state index is -0.198. The molecule has 1 N–H and O–H groups in total. The lowest BCUT2D eigenvalue weighted by Gasteiger charge is -2.17. The maximum absolute atomic E-state index is 12.5. The molecule has 1 amide bonds. The highest BCUT2D eigenvalue weighted by atomic mass is 16.2. The zero-order valence-corrected chi connectivity index (χ0v) is 13.5. The van der Waals surface area contributed by atoms with E-state index >= 15 is 0 Å². The summed E-state index contributed by atoms with van der Waals surface area (Å²) in [6.45, 7) is 1.58. The van der Waals surface area contributed by atoms with Crippen LogP contribution >= 0.6 is 0 Å². The number of aromatic nitrogens is 1. The van der Waals surface area contributed by atoms with Gasteiger partial charge in [-0.1, -0.05) is 30.3 Å². The van der Waals surface area contributed by atoms with Crippen molar-refractivity contribution in [3.8, 4) is 6.07 Å². The van der Waals surface area contributed by atoms with Crippen molar-refractivity contribution in [2.75, 3.05) is 18.4 Å². The van der Waals surface area contributed by atoms with Gasteiger partial charge in [-0.25, -0.2) is 4.98 Å². The summed E-state index contributed by atoms with van der Waals surface area (Å²) in [5, 5.41) is 12.0. The van der Waals surface area contributed by atoms with Gasteiger partial charge in [-0.15, -0.1) is 0 Å². The van der Waals surface area contributed by atoms with Crippen LogP contribution in [0.5, 0.6) is 0 Å². The molecule has 0 radical (unpaired) electrons. The van der Waals surface area contributed by atoms with Gasteiger partial charge < -0.3 is 10.2 Å². The van der Waals surface area contributed by atoms with E-state index in [-0.39, 0.29) is 11.9 Å². The SMILES string of the molecule is N#Cc1ccc(NC2CCN(CCCc3ccccc3)C2=O)cn1. The van der Waals surface area contributed by atoms with Gasteiger partial charge in [0, 0.05) is 13.1 Å². The zero-order valence-electron chi connectivity index (χ0n) is 13.5. The smallest absolute Gasteiger partial charge is 0.245 e. The molecule has 1 aromatic heterocycles. The Morgan fingerprint density at radius 1 is 1.25 bits per heavy atom. The molecule has 3 rings (SSSR count). The molecule has 5 nitrogen and oxygen atoms in total. The lowest BCUT2D eigenvalue weighted by atomic mass is 10.1. The summed E-state index contributed by atoms with van der Waals surface area (Å²) < 4.78 is 0. The van der Waals surface area contributed by atoms with E-state index in [2.05, 4.69) is 22.4 Å². The van der Waals surface area contributed by atoms with E-state index < -0.39 is 0 Å². The standard InChI is InChI=1S/C19H20N4O/c20-13-16-8-9-17(14-21-16)22-18-10-12-23(19(18)24)11-4-7-15-5-2-1-3-6-15/h1-3,5-6,8-9,14,18,22H,4,7,10-12H2. The third-order valence-corrected chi connectivity index (χ3v) is 4.25. The Balaban J connectivity index is 1.48. The average Bonchev–Trinajstić information content (AvgIpc) is 2.97. The van der Waals surface area contributed by atoms with Crippen molar-refractivity contribution in [2.24, 2.45) is 0 Å². The number of nitriles is 1. The molecular weight excluding hydrogens is 300 g/mol. The van der Waals surface area contributed by atoms with Crippen molar-refractivity contribution >= 4 is 11.6 Å². The Hall–Kier alpha value is -2.87. The molecule has 24 heavy (non-hydrogen) atoms. The first-order valence-corrected chi connectivity index (χ1v) is 8.21. The van der Waals surface area contributed by atoms with Crippen molar-refractivity contribution < 1.29 is 4.79 Å². The van der Waals surface area contributed by atoms with Crippen LogP contribution < -0.4 is 5.32 Å². The summed E-state index contributed by atoms with van der Waals surface area (Å²) >= 11 is 0. The number of hydrogen-bond acceptors (Lipinski definition) is 4. The van der Waals surface area contributed by atoms with Crippen LogP contribution in [0.1, 0.15) is 24.1 Å². The first-order chi connectivity index (χ1) is 11.8. The number of pyridine rings is 1. The summed E-state index contributed by atoms with van der Waals surface area (Å²) in [6, 6.07) is 15.6.